The molecule has 0 rings (SSSR count). The number of aliphatic hydroxyl groups excluding tert-OH is 1. The van der Waals surface area contributed by atoms with Crippen LogP contribution in [0.4, 0.5) is 0 Å². The van der Waals surface area contributed by atoms with E-state index >= 15 is 0 Å². The van der Waals surface area contributed by atoms with E-state index in [1.807, 2.05) is 0 Å². The summed E-state index contributed by atoms with van der Waals surface area (Å²) in [5, 5.41) is 9.52. The second-order valence-corrected chi connectivity index (χ2v) is 3.97. The first-order chi connectivity index (χ1) is 6.74. The standard InChI is InChI=1S/C12H27NO/c1-4-9-12(14)10-7-8-11-13(5-2)6-3/h12,14H,4-11H2,1-3H3. The Hall–Kier alpha value is -0.0800. The molecule has 86 valence electrons. The van der Waals surface area contributed by atoms with Crippen LogP contribution >= 0.6 is 0 Å². The van der Waals surface area contributed by atoms with Crippen LogP contribution in [0.15, 0.2) is 0 Å². The summed E-state index contributed by atoms with van der Waals surface area (Å²) in [4.78, 5) is 2.44. The molecule has 1 unspecified atom stereocenters. The lowest BCUT2D eigenvalue weighted by molar-refractivity contribution is 0.148. The maximum atomic E-state index is 9.52. The smallest absolute Gasteiger partial charge is 0.0540 e. The van der Waals surface area contributed by atoms with Gasteiger partial charge in [-0.3, -0.25) is 0 Å². The molecule has 0 fully saturated rings. The first-order valence-electron chi connectivity index (χ1n) is 6.14. The predicted octanol–water partition coefficient (Wildman–Crippen LogP) is 2.66. The van der Waals surface area contributed by atoms with Crippen molar-refractivity contribution in [3.63, 3.8) is 0 Å². The minimum absolute atomic E-state index is 0.0586. The number of unbranched alkanes of at least 4 members (excludes halogenated alkanes) is 1. The van der Waals surface area contributed by atoms with E-state index in [1.54, 1.807) is 0 Å². The number of hydrogen-bond acceptors (Lipinski definition) is 2. The highest BCUT2D eigenvalue weighted by Gasteiger charge is 2.03. The van der Waals surface area contributed by atoms with Crippen LogP contribution in [0.25, 0.3) is 0 Å². The SMILES string of the molecule is CCCC(O)CCCCN(CC)CC. The van der Waals surface area contributed by atoms with Crippen molar-refractivity contribution in [2.75, 3.05) is 19.6 Å². The fourth-order valence-electron chi connectivity index (χ4n) is 1.73. The van der Waals surface area contributed by atoms with E-state index in [-0.39, 0.29) is 6.10 Å². The van der Waals surface area contributed by atoms with Crippen molar-refractivity contribution in [2.24, 2.45) is 0 Å². The Kier molecular flexibility index (Phi) is 9.42. The van der Waals surface area contributed by atoms with Crippen molar-refractivity contribution in [3.05, 3.63) is 0 Å². The second-order valence-electron chi connectivity index (χ2n) is 3.97. The molecule has 0 aliphatic carbocycles. The van der Waals surface area contributed by atoms with Gasteiger partial charge in [0.05, 0.1) is 6.10 Å². The molecule has 1 atom stereocenters. The Balaban J connectivity index is 3.27. The summed E-state index contributed by atoms with van der Waals surface area (Å²) in [5.41, 5.74) is 0. The Bertz CT molecular complexity index is 113. The zero-order valence-corrected chi connectivity index (χ0v) is 10.1. The average molecular weight is 201 g/mol. The molecule has 0 saturated carbocycles. The normalized spacial score (nSPS) is 13.5. The summed E-state index contributed by atoms with van der Waals surface area (Å²) in [5.74, 6) is 0. The lowest BCUT2D eigenvalue weighted by atomic mass is 10.1. The summed E-state index contributed by atoms with van der Waals surface area (Å²) in [7, 11) is 0. The summed E-state index contributed by atoms with van der Waals surface area (Å²) in [6.45, 7) is 10.0. The third kappa shape index (κ3) is 7.34. The molecule has 0 radical (unpaired) electrons. The second kappa shape index (κ2) is 9.47. The summed E-state index contributed by atoms with van der Waals surface area (Å²) < 4.78 is 0. The molecule has 2 heteroatoms. The van der Waals surface area contributed by atoms with E-state index in [0.717, 1.165) is 38.8 Å². The molecule has 0 aliphatic rings. The van der Waals surface area contributed by atoms with Crippen molar-refractivity contribution in [2.45, 2.75) is 59.0 Å². The predicted molar refractivity (Wildman–Crippen MR) is 62.6 cm³/mol. The maximum Gasteiger partial charge on any atom is 0.0540 e. The molecule has 0 aromatic rings. The van der Waals surface area contributed by atoms with E-state index in [2.05, 4.69) is 25.7 Å². The molecule has 0 saturated heterocycles. The molecule has 0 heterocycles. The third-order valence-corrected chi connectivity index (χ3v) is 2.78. The van der Waals surface area contributed by atoms with Crippen LogP contribution in [-0.2, 0) is 0 Å². The molecular weight excluding hydrogens is 174 g/mol. The molecular formula is C12H27NO. The van der Waals surface area contributed by atoms with Gasteiger partial charge in [0, 0.05) is 0 Å². The lowest BCUT2D eigenvalue weighted by Crippen LogP contribution is -2.24. The van der Waals surface area contributed by atoms with Crippen LogP contribution in [0, 0.1) is 0 Å². The van der Waals surface area contributed by atoms with Gasteiger partial charge in [0.25, 0.3) is 0 Å². The van der Waals surface area contributed by atoms with Gasteiger partial charge in [0.15, 0.2) is 0 Å². The third-order valence-electron chi connectivity index (χ3n) is 2.78. The van der Waals surface area contributed by atoms with E-state index in [1.165, 1.54) is 13.0 Å². The van der Waals surface area contributed by atoms with Crippen LogP contribution < -0.4 is 0 Å². The maximum absolute atomic E-state index is 9.52. The molecule has 0 bridgehead atoms. The van der Waals surface area contributed by atoms with Gasteiger partial charge in [-0.2, -0.15) is 0 Å². The van der Waals surface area contributed by atoms with Gasteiger partial charge < -0.3 is 10.0 Å². The monoisotopic (exact) mass is 201 g/mol. The van der Waals surface area contributed by atoms with E-state index < -0.39 is 0 Å². The fraction of sp³-hybridized carbons (Fsp3) is 1.00. The van der Waals surface area contributed by atoms with Crippen LogP contribution in [0.5, 0.6) is 0 Å². The van der Waals surface area contributed by atoms with Crippen LogP contribution in [0.1, 0.15) is 52.9 Å². The van der Waals surface area contributed by atoms with Crippen molar-refractivity contribution >= 4 is 0 Å². The molecule has 14 heavy (non-hydrogen) atoms. The fourth-order valence-corrected chi connectivity index (χ4v) is 1.73. The van der Waals surface area contributed by atoms with Gasteiger partial charge >= 0.3 is 0 Å². The Morgan fingerprint density at radius 2 is 1.64 bits per heavy atom. The van der Waals surface area contributed by atoms with E-state index in [9.17, 15) is 5.11 Å². The topological polar surface area (TPSA) is 23.5 Å². The summed E-state index contributed by atoms with van der Waals surface area (Å²) >= 11 is 0. The van der Waals surface area contributed by atoms with Gasteiger partial charge in [-0.05, 0) is 45.3 Å². The molecule has 1 N–H and O–H groups in total. The molecule has 0 aromatic heterocycles. The molecule has 0 amide bonds. The summed E-state index contributed by atoms with van der Waals surface area (Å²) in [6.07, 6.45) is 5.37. The van der Waals surface area contributed by atoms with E-state index in [0.29, 0.717) is 0 Å². The highest BCUT2D eigenvalue weighted by Crippen LogP contribution is 2.07. The quantitative estimate of drug-likeness (QED) is 0.580. The molecule has 0 aromatic carbocycles. The Morgan fingerprint density at radius 1 is 1.00 bits per heavy atom. The first-order valence-corrected chi connectivity index (χ1v) is 6.14. The number of aliphatic hydroxyl groups is 1. The molecule has 0 spiro atoms. The van der Waals surface area contributed by atoms with Crippen molar-refractivity contribution in [1.29, 1.82) is 0 Å². The molecule has 0 aliphatic heterocycles. The van der Waals surface area contributed by atoms with Crippen LogP contribution in [-0.4, -0.2) is 35.7 Å². The van der Waals surface area contributed by atoms with Gasteiger partial charge in [-0.15, -0.1) is 0 Å². The largest absolute Gasteiger partial charge is 0.393 e. The lowest BCUT2D eigenvalue weighted by Gasteiger charge is -2.18. The first kappa shape index (κ1) is 13.9. The Morgan fingerprint density at radius 3 is 2.14 bits per heavy atom. The van der Waals surface area contributed by atoms with Gasteiger partial charge in [0.2, 0.25) is 0 Å². The summed E-state index contributed by atoms with van der Waals surface area (Å²) in [6, 6.07) is 0. The van der Waals surface area contributed by atoms with Crippen LogP contribution in [0.2, 0.25) is 0 Å². The average Bonchev–Trinajstić information content (AvgIpc) is 2.19. The van der Waals surface area contributed by atoms with Gasteiger partial charge in [0.1, 0.15) is 0 Å². The number of rotatable bonds is 9. The minimum atomic E-state index is -0.0586. The zero-order valence-electron chi connectivity index (χ0n) is 10.1. The molecule has 2 nitrogen and oxygen atoms in total. The van der Waals surface area contributed by atoms with E-state index in [4.69, 9.17) is 0 Å². The number of hydrogen-bond donors (Lipinski definition) is 1. The minimum Gasteiger partial charge on any atom is -0.393 e. The van der Waals surface area contributed by atoms with Crippen molar-refractivity contribution in [1.82, 2.24) is 4.90 Å². The van der Waals surface area contributed by atoms with Crippen molar-refractivity contribution < 1.29 is 5.11 Å². The highest BCUT2D eigenvalue weighted by molar-refractivity contribution is 4.57. The van der Waals surface area contributed by atoms with Crippen LogP contribution in [0.3, 0.4) is 0 Å². The zero-order chi connectivity index (χ0) is 10.8. The van der Waals surface area contributed by atoms with Crippen molar-refractivity contribution in [3.8, 4) is 0 Å². The Labute approximate surface area is 89.3 Å². The highest BCUT2D eigenvalue weighted by atomic mass is 16.3. The van der Waals surface area contributed by atoms with Gasteiger partial charge in [-0.1, -0.05) is 27.2 Å². The van der Waals surface area contributed by atoms with Gasteiger partial charge in [-0.25, -0.2) is 0 Å². The number of nitrogens with zero attached hydrogens (tertiary/aromatic N) is 1.